The average Bonchev–Trinajstić information content (AvgIpc) is 3.16. The smallest absolute Gasteiger partial charge is 0.323 e. The lowest BCUT2D eigenvalue weighted by molar-refractivity contribution is 0.0956. The summed E-state index contributed by atoms with van der Waals surface area (Å²) >= 11 is 0. The van der Waals surface area contributed by atoms with E-state index in [0.717, 1.165) is 54.6 Å². The Balaban J connectivity index is 1.10. The molecule has 1 fully saturated rings. The van der Waals surface area contributed by atoms with Crippen molar-refractivity contribution < 1.29 is 23.6 Å². The summed E-state index contributed by atoms with van der Waals surface area (Å²) < 4.78 is 25.3. The standard InChI is InChI=1S/C43H52N7O5P/c1-43(2,3)31-24-36(40(54-5)38(25-31)56(6,7)53)48-42(52)47-35-15-16-37(34-14-9-8-13-33(34)35)55-32-17-18-44-39(26-32)45-28-46-41(51)30-12-10-11-29(23-30)27-50-21-19-49(4)20-22-50/h8-18,23-26H,19-22,27-28H2,1-7H3,(H,44,45)(H,46,51)(H2,47,48,52). The van der Waals surface area contributed by atoms with Crippen LogP contribution in [0.4, 0.5) is 22.0 Å². The first kappa shape index (κ1) is 40.2. The van der Waals surface area contributed by atoms with Crippen LogP contribution in [0, 0.1) is 0 Å². The molecule has 56 heavy (non-hydrogen) atoms. The number of anilines is 3. The zero-order valence-corrected chi connectivity index (χ0v) is 34.1. The van der Waals surface area contributed by atoms with E-state index in [4.69, 9.17) is 9.47 Å². The van der Waals surface area contributed by atoms with Crippen molar-refractivity contribution in [3.05, 3.63) is 108 Å². The lowest BCUT2D eigenvalue weighted by Gasteiger charge is -2.32. The Labute approximate surface area is 329 Å². The van der Waals surface area contributed by atoms with E-state index in [0.29, 0.717) is 45.3 Å². The Bertz CT molecular complexity index is 2260. The number of ether oxygens (including phenoxy) is 2. The van der Waals surface area contributed by atoms with Gasteiger partial charge in [-0.15, -0.1) is 0 Å². The molecule has 12 nitrogen and oxygen atoms in total. The van der Waals surface area contributed by atoms with Crippen LogP contribution in [0.15, 0.2) is 91.1 Å². The first-order valence-corrected chi connectivity index (χ1v) is 21.3. The van der Waals surface area contributed by atoms with Gasteiger partial charge >= 0.3 is 6.03 Å². The number of pyridine rings is 1. The van der Waals surface area contributed by atoms with Gasteiger partial charge in [-0.1, -0.05) is 57.2 Å². The average molecular weight is 778 g/mol. The molecule has 2 heterocycles. The molecule has 4 aromatic carbocycles. The molecule has 6 rings (SSSR count). The van der Waals surface area contributed by atoms with Crippen LogP contribution in [-0.2, 0) is 16.5 Å². The highest BCUT2D eigenvalue weighted by Gasteiger charge is 2.26. The number of amides is 3. The van der Waals surface area contributed by atoms with Crippen molar-refractivity contribution >= 4 is 52.3 Å². The van der Waals surface area contributed by atoms with E-state index in [1.54, 1.807) is 43.8 Å². The van der Waals surface area contributed by atoms with Gasteiger partial charge in [-0.05, 0) is 79.4 Å². The minimum atomic E-state index is -2.74. The summed E-state index contributed by atoms with van der Waals surface area (Å²) in [6.07, 6.45) is 1.63. The molecule has 1 aliphatic rings. The van der Waals surface area contributed by atoms with Crippen molar-refractivity contribution in [1.29, 1.82) is 0 Å². The minimum Gasteiger partial charge on any atom is -0.494 e. The van der Waals surface area contributed by atoms with E-state index in [1.807, 2.05) is 54.6 Å². The van der Waals surface area contributed by atoms with Crippen LogP contribution >= 0.6 is 7.14 Å². The fraction of sp³-hybridized carbons (Fsp3) is 0.326. The second kappa shape index (κ2) is 17.2. The van der Waals surface area contributed by atoms with E-state index in [9.17, 15) is 14.2 Å². The molecule has 0 atom stereocenters. The summed E-state index contributed by atoms with van der Waals surface area (Å²) in [6, 6.07) is 25.8. The number of nitrogens with one attached hydrogen (secondary N) is 4. The van der Waals surface area contributed by atoms with Crippen molar-refractivity contribution in [3.8, 4) is 17.2 Å². The first-order chi connectivity index (χ1) is 26.7. The molecule has 0 spiro atoms. The van der Waals surface area contributed by atoms with Crippen LogP contribution in [0.25, 0.3) is 10.8 Å². The Morgan fingerprint density at radius 1 is 0.857 bits per heavy atom. The van der Waals surface area contributed by atoms with Crippen molar-refractivity contribution in [3.63, 3.8) is 0 Å². The molecule has 0 bridgehead atoms. The predicted molar refractivity (Wildman–Crippen MR) is 227 cm³/mol. The fourth-order valence-electron chi connectivity index (χ4n) is 6.59. The normalized spacial score (nSPS) is 13.9. The van der Waals surface area contributed by atoms with E-state index < -0.39 is 13.2 Å². The Morgan fingerprint density at radius 3 is 2.30 bits per heavy atom. The zero-order valence-electron chi connectivity index (χ0n) is 33.2. The van der Waals surface area contributed by atoms with Gasteiger partial charge in [0, 0.05) is 61.3 Å². The molecule has 4 N–H and O–H groups in total. The van der Waals surface area contributed by atoms with E-state index in [-0.39, 0.29) is 18.0 Å². The lowest BCUT2D eigenvalue weighted by Crippen LogP contribution is -2.43. The molecule has 0 saturated carbocycles. The summed E-state index contributed by atoms with van der Waals surface area (Å²) in [6.45, 7) is 14.7. The van der Waals surface area contributed by atoms with Gasteiger partial charge in [0.15, 0.2) is 5.75 Å². The number of benzene rings is 4. The molecule has 0 radical (unpaired) electrons. The van der Waals surface area contributed by atoms with Crippen LogP contribution in [0.5, 0.6) is 17.2 Å². The number of methoxy groups -OCH3 is 1. The molecule has 3 amide bonds. The van der Waals surface area contributed by atoms with Crippen molar-refractivity contribution in [2.45, 2.75) is 32.7 Å². The topological polar surface area (TPSA) is 137 Å². The third kappa shape index (κ3) is 10.1. The monoisotopic (exact) mass is 777 g/mol. The maximum absolute atomic E-state index is 13.5. The van der Waals surface area contributed by atoms with Gasteiger partial charge < -0.3 is 40.2 Å². The Hall–Kier alpha value is -5.42. The maximum atomic E-state index is 13.5. The molecule has 1 aliphatic heterocycles. The molecule has 1 saturated heterocycles. The molecule has 0 aliphatic carbocycles. The number of carbonyl (C=O) groups is 2. The number of carbonyl (C=O) groups excluding carboxylic acids is 2. The van der Waals surface area contributed by atoms with E-state index in [2.05, 4.69) is 69.9 Å². The number of aromatic nitrogens is 1. The largest absolute Gasteiger partial charge is 0.494 e. The molecule has 0 unspecified atom stereocenters. The van der Waals surface area contributed by atoms with Crippen molar-refractivity contribution in [1.82, 2.24) is 20.1 Å². The molecular formula is C43H52N7O5P. The quantitative estimate of drug-likeness (QED) is 0.0740. The van der Waals surface area contributed by atoms with Gasteiger partial charge in [0.2, 0.25) is 0 Å². The van der Waals surface area contributed by atoms with Crippen LogP contribution in [-0.4, -0.2) is 87.1 Å². The van der Waals surface area contributed by atoms with E-state index >= 15 is 0 Å². The van der Waals surface area contributed by atoms with Gasteiger partial charge in [0.25, 0.3) is 5.91 Å². The highest BCUT2D eigenvalue weighted by atomic mass is 31.2. The Morgan fingerprint density at radius 2 is 1.59 bits per heavy atom. The number of urea groups is 1. The van der Waals surface area contributed by atoms with Crippen LogP contribution in [0.2, 0.25) is 0 Å². The van der Waals surface area contributed by atoms with Gasteiger partial charge in [0.05, 0.1) is 30.5 Å². The van der Waals surface area contributed by atoms with Crippen LogP contribution < -0.4 is 36.0 Å². The maximum Gasteiger partial charge on any atom is 0.323 e. The summed E-state index contributed by atoms with van der Waals surface area (Å²) in [7, 11) is 0.908. The summed E-state index contributed by atoms with van der Waals surface area (Å²) in [5, 5.41) is 14.1. The number of likely N-dealkylation sites (N-methyl/N-ethyl adjacent to an activating group) is 1. The number of fused-ring (bicyclic) bond motifs is 1. The number of rotatable bonds is 12. The second-order valence-corrected chi connectivity index (χ2v) is 18.7. The predicted octanol–water partition coefficient (Wildman–Crippen LogP) is 7.77. The zero-order chi connectivity index (χ0) is 40.0. The molecule has 5 aromatic rings. The highest BCUT2D eigenvalue weighted by molar-refractivity contribution is 7.70. The van der Waals surface area contributed by atoms with Crippen LogP contribution in [0.3, 0.4) is 0 Å². The van der Waals surface area contributed by atoms with Gasteiger partial charge in [0.1, 0.15) is 24.5 Å². The van der Waals surface area contributed by atoms with Crippen molar-refractivity contribution in [2.75, 3.05) is 76.3 Å². The third-order valence-corrected chi connectivity index (χ3v) is 11.3. The molecule has 1 aromatic heterocycles. The fourth-order valence-corrected chi connectivity index (χ4v) is 7.74. The SMILES string of the molecule is COc1c(NC(=O)Nc2ccc(Oc3ccnc(NCNC(=O)c4cccc(CN5CCN(C)CC5)c4)c3)c3ccccc23)cc(C(C)(C)C)cc1P(C)(C)=O. The summed E-state index contributed by atoms with van der Waals surface area (Å²) in [4.78, 5) is 35.7. The second-order valence-electron chi connectivity index (χ2n) is 15.5. The van der Waals surface area contributed by atoms with Gasteiger partial charge in [-0.2, -0.15) is 0 Å². The first-order valence-electron chi connectivity index (χ1n) is 18.7. The highest BCUT2D eigenvalue weighted by Crippen LogP contribution is 2.43. The molecular weight excluding hydrogens is 725 g/mol. The van der Waals surface area contributed by atoms with Gasteiger partial charge in [-0.25, -0.2) is 9.78 Å². The van der Waals surface area contributed by atoms with Crippen LogP contribution in [0.1, 0.15) is 42.3 Å². The van der Waals surface area contributed by atoms with Crippen molar-refractivity contribution in [2.24, 2.45) is 0 Å². The summed E-state index contributed by atoms with van der Waals surface area (Å²) in [5.41, 5.74) is 3.41. The molecule has 13 heteroatoms. The third-order valence-electron chi connectivity index (χ3n) is 9.77. The Kier molecular flexibility index (Phi) is 12.3. The number of nitrogens with zero attached hydrogens (tertiary/aromatic N) is 3. The van der Waals surface area contributed by atoms with Gasteiger partial charge in [-0.3, -0.25) is 9.69 Å². The molecule has 294 valence electrons. The van der Waals surface area contributed by atoms with E-state index in [1.165, 1.54) is 7.11 Å². The minimum absolute atomic E-state index is 0.172. The number of hydrogen-bond acceptors (Lipinski definition) is 9. The lowest BCUT2D eigenvalue weighted by atomic mass is 9.86. The summed E-state index contributed by atoms with van der Waals surface area (Å²) in [5.74, 6) is 1.86. The number of hydrogen-bond donors (Lipinski definition) is 4. The number of piperazine rings is 1.